The lowest BCUT2D eigenvalue weighted by Gasteiger charge is -2.04. The third-order valence-corrected chi connectivity index (χ3v) is 2.60. The molecule has 0 aromatic heterocycles. The lowest BCUT2D eigenvalue weighted by atomic mass is 10.2. The highest BCUT2D eigenvalue weighted by Gasteiger charge is 2.30. The minimum atomic E-state index is -0.374. The first kappa shape index (κ1) is 11.6. The molecule has 1 rings (SSSR count). The number of ether oxygens (including phenoxy) is 2. The van der Waals surface area contributed by atoms with Gasteiger partial charge in [-0.2, -0.15) is 0 Å². The van der Waals surface area contributed by atoms with Crippen molar-refractivity contribution in [1.82, 2.24) is 0 Å². The summed E-state index contributed by atoms with van der Waals surface area (Å²) in [6.45, 7) is 4.09. The fraction of sp³-hybridized carbons (Fsp3) is 0.700. The molecule has 0 aromatic carbocycles. The van der Waals surface area contributed by atoms with Gasteiger partial charge in [-0.25, -0.2) is 0 Å². The number of allylic oxidation sites excluding steroid dienone is 1. The number of halogens is 1. The van der Waals surface area contributed by atoms with Crippen LogP contribution in [0.1, 0.15) is 26.7 Å². The van der Waals surface area contributed by atoms with Crippen molar-refractivity contribution in [1.29, 1.82) is 0 Å². The number of rotatable bonds is 5. The van der Waals surface area contributed by atoms with Gasteiger partial charge in [-0.1, -0.05) is 15.9 Å². The number of carbonyl (C=O) groups is 1. The van der Waals surface area contributed by atoms with Gasteiger partial charge in [0.25, 0.3) is 0 Å². The van der Waals surface area contributed by atoms with Crippen molar-refractivity contribution in [2.75, 3.05) is 11.9 Å². The predicted molar refractivity (Wildman–Crippen MR) is 57.2 cm³/mol. The quantitative estimate of drug-likeness (QED) is 0.564. The lowest BCUT2D eigenvalue weighted by Crippen LogP contribution is -2.15. The lowest BCUT2D eigenvalue weighted by molar-refractivity contribution is -0.123. The molecule has 0 radical (unpaired) electrons. The zero-order valence-corrected chi connectivity index (χ0v) is 10.1. The van der Waals surface area contributed by atoms with E-state index in [1.165, 1.54) is 0 Å². The van der Waals surface area contributed by atoms with E-state index >= 15 is 0 Å². The highest BCUT2D eigenvalue weighted by atomic mass is 79.9. The van der Waals surface area contributed by atoms with Crippen LogP contribution in [0.2, 0.25) is 0 Å². The molecule has 0 bridgehead atoms. The molecule has 1 unspecified atom stereocenters. The molecule has 0 aliphatic carbocycles. The number of carbonyl (C=O) groups excluding carboxylic acids is 1. The Morgan fingerprint density at radius 2 is 2.21 bits per heavy atom. The van der Waals surface area contributed by atoms with Gasteiger partial charge in [-0.15, -0.1) is 0 Å². The Morgan fingerprint density at radius 3 is 2.71 bits per heavy atom. The van der Waals surface area contributed by atoms with E-state index in [0.717, 1.165) is 18.2 Å². The van der Waals surface area contributed by atoms with Crippen molar-refractivity contribution in [3.63, 3.8) is 0 Å². The summed E-state index contributed by atoms with van der Waals surface area (Å²) in [5, 5.41) is 0.967. The summed E-state index contributed by atoms with van der Waals surface area (Å²) < 4.78 is 10.6. The maximum absolute atomic E-state index is 11.5. The largest absolute Gasteiger partial charge is 0.487 e. The molecule has 0 saturated heterocycles. The van der Waals surface area contributed by atoms with Crippen LogP contribution in [0, 0.1) is 0 Å². The standard InChI is InChI=1S/C10H15BrO3/c1-7-9(12)10(8(2)14-7)13-6-4-3-5-11/h7H,3-6H2,1-2H3. The van der Waals surface area contributed by atoms with E-state index in [1.54, 1.807) is 13.8 Å². The van der Waals surface area contributed by atoms with Gasteiger partial charge in [-0.05, 0) is 26.7 Å². The SMILES string of the molecule is CC1=C(OCCCCBr)C(=O)C(C)O1. The van der Waals surface area contributed by atoms with Crippen LogP contribution in [0.3, 0.4) is 0 Å². The normalized spacial score (nSPS) is 21.4. The Morgan fingerprint density at radius 1 is 1.50 bits per heavy atom. The van der Waals surface area contributed by atoms with E-state index in [-0.39, 0.29) is 11.9 Å². The maximum Gasteiger partial charge on any atom is 0.240 e. The van der Waals surface area contributed by atoms with Gasteiger partial charge in [0.1, 0.15) is 5.76 Å². The first-order valence-electron chi connectivity index (χ1n) is 4.77. The van der Waals surface area contributed by atoms with E-state index in [0.29, 0.717) is 18.1 Å². The van der Waals surface area contributed by atoms with Gasteiger partial charge in [0, 0.05) is 5.33 Å². The second-order valence-corrected chi connectivity index (χ2v) is 4.05. The van der Waals surface area contributed by atoms with E-state index in [1.807, 2.05) is 0 Å². The molecule has 1 aliphatic heterocycles. The van der Waals surface area contributed by atoms with Crippen molar-refractivity contribution in [2.45, 2.75) is 32.8 Å². The summed E-state index contributed by atoms with van der Waals surface area (Å²) in [4.78, 5) is 11.5. The number of ketones is 1. The minimum Gasteiger partial charge on any atom is -0.487 e. The number of hydrogen-bond acceptors (Lipinski definition) is 3. The van der Waals surface area contributed by atoms with E-state index in [9.17, 15) is 4.79 Å². The summed E-state index contributed by atoms with van der Waals surface area (Å²) in [5.74, 6) is 0.981. The summed E-state index contributed by atoms with van der Waals surface area (Å²) >= 11 is 3.34. The third kappa shape index (κ3) is 2.74. The third-order valence-electron chi connectivity index (χ3n) is 2.04. The average molecular weight is 263 g/mol. The zero-order valence-electron chi connectivity index (χ0n) is 8.51. The fourth-order valence-electron chi connectivity index (χ4n) is 1.27. The van der Waals surface area contributed by atoms with E-state index in [4.69, 9.17) is 9.47 Å². The zero-order chi connectivity index (χ0) is 10.6. The Balaban J connectivity index is 2.36. The Labute approximate surface area is 92.6 Å². The van der Waals surface area contributed by atoms with Gasteiger partial charge >= 0.3 is 0 Å². The van der Waals surface area contributed by atoms with E-state index in [2.05, 4.69) is 15.9 Å². The summed E-state index contributed by atoms with van der Waals surface area (Å²) in [6, 6.07) is 0. The van der Waals surface area contributed by atoms with Crippen molar-refractivity contribution in [3.8, 4) is 0 Å². The van der Waals surface area contributed by atoms with Crippen molar-refractivity contribution >= 4 is 21.7 Å². The minimum absolute atomic E-state index is 0.0404. The molecule has 0 fully saturated rings. The first-order valence-corrected chi connectivity index (χ1v) is 5.89. The van der Waals surface area contributed by atoms with Crippen molar-refractivity contribution in [2.24, 2.45) is 0 Å². The van der Waals surface area contributed by atoms with Crippen LogP contribution < -0.4 is 0 Å². The molecule has 80 valence electrons. The van der Waals surface area contributed by atoms with Gasteiger partial charge < -0.3 is 9.47 Å². The van der Waals surface area contributed by atoms with Crippen LogP contribution in [0.25, 0.3) is 0 Å². The maximum atomic E-state index is 11.5. The number of Topliss-reactive ketones (excluding diaryl/α,β-unsaturated/α-hetero) is 1. The molecule has 0 saturated carbocycles. The Bertz CT molecular complexity index is 248. The summed E-state index contributed by atoms with van der Waals surface area (Å²) in [6.07, 6.45) is 1.63. The first-order chi connectivity index (χ1) is 6.66. The highest BCUT2D eigenvalue weighted by molar-refractivity contribution is 9.09. The highest BCUT2D eigenvalue weighted by Crippen LogP contribution is 2.22. The molecule has 1 atom stereocenters. The number of alkyl halides is 1. The molecule has 0 amide bonds. The van der Waals surface area contributed by atoms with Crippen molar-refractivity contribution < 1.29 is 14.3 Å². The molecule has 0 spiro atoms. The number of hydrogen-bond donors (Lipinski definition) is 0. The van der Waals surface area contributed by atoms with Crippen LogP contribution >= 0.6 is 15.9 Å². The molecule has 0 aromatic rings. The smallest absolute Gasteiger partial charge is 0.240 e. The molecular weight excluding hydrogens is 248 g/mol. The van der Waals surface area contributed by atoms with Crippen LogP contribution in [0.15, 0.2) is 11.5 Å². The van der Waals surface area contributed by atoms with Crippen LogP contribution in [0.5, 0.6) is 0 Å². The molecule has 0 N–H and O–H groups in total. The van der Waals surface area contributed by atoms with Gasteiger partial charge in [-0.3, -0.25) is 4.79 Å². The van der Waals surface area contributed by atoms with Gasteiger partial charge in [0.15, 0.2) is 6.10 Å². The molecule has 4 heteroatoms. The average Bonchev–Trinajstić information content (AvgIpc) is 2.38. The predicted octanol–water partition coefficient (Wildman–Crippen LogP) is 2.40. The van der Waals surface area contributed by atoms with Crippen LogP contribution in [0.4, 0.5) is 0 Å². The Hall–Kier alpha value is -0.510. The monoisotopic (exact) mass is 262 g/mol. The van der Waals surface area contributed by atoms with Crippen LogP contribution in [-0.4, -0.2) is 23.8 Å². The van der Waals surface area contributed by atoms with Gasteiger partial charge in [0.2, 0.25) is 11.5 Å². The molecule has 3 nitrogen and oxygen atoms in total. The molecule has 14 heavy (non-hydrogen) atoms. The topological polar surface area (TPSA) is 35.5 Å². The second kappa shape index (κ2) is 5.39. The molecular formula is C10H15BrO3. The summed E-state index contributed by atoms with van der Waals surface area (Å²) in [5.41, 5.74) is 0. The number of unbranched alkanes of at least 4 members (excludes halogenated alkanes) is 1. The molecule has 1 heterocycles. The fourth-order valence-corrected chi connectivity index (χ4v) is 1.67. The van der Waals surface area contributed by atoms with Crippen molar-refractivity contribution in [3.05, 3.63) is 11.5 Å². The molecule has 1 aliphatic rings. The van der Waals surface area contributed by atoms with Gasteiger partial charge in [0.05, 0.1) is 6.61 Å². The second-order valence-electron chi connectivity index (χ2n) is 3.25. The van der Waals surface area contributed by atoms with E-state index < -0.39 is 0 Å². The Kier molecular flexibility index (Phi) is 4.45. The van der Waals surface area contributed by atoms with Crippen LogP contribution in [-0.2, 0) is 14.3 Å². The summed E-state index contributed by atoms with van der Waals surface area (Å²) in [7, 11) is 0.